The van der Waals surface area contributed by atoms with E-state index in [1.54, 1.807) is 0 Å². The number of nitrogens with zero attached hydrogens (tertiary/aromatic N) is 1. The molecule has 0 aromatic rings. The average molecular weight is 219 g/mol. The Bertz CT molecular complexity index is 234. The predicted octanol–water partition coefficient (Wildman–Crippen LogP) is -3.61. The van der Waals surface area contributed by atoms with E-state index in [0.717, 1.165) is 0 Å². The zero-order valence-electron chi connectivity index (χ0n) is 8.24. The third kappa shape index (κ3) is 2.64. The Kier molecular flexibility index (Phi) is 4.43. The van der Waals surface area contributed by atoms with Crippen molar-refractivity contribution in [3.63, 3.8) is 0 Å². The van der Waals surface area contributed by atoms with Crippen LogP contribution in [0.4, 0.5) is 0 Å². The molecular formula is C8H17N3O4. The molecule has 0 aromatic carbocycles. The topological polar surface area (TPSA) is 131 Å². The van der Waals surface area contributed by atoms with Crippen LogP contribution in [0, 0.1) is 0 Å². The highest BCUT2D eigenvalue weighted by Crippen LogP contribution is 2.12. The van der Waals surface area contributed by atoms with Crippen LogP contribution in [0.25, 0.3) is 0 Å². The highest BCUT2D eigenvalue weighted by atomic mass is 16.4. The standard InChI is InChI=1S/C8H17N3O4/c9-1-2-10-8-7(15)6(14)5(13)4(3-12)11-8/h4-7,12-15H,1-3,9H2,(H,10,11)/t4-,5-,6+,7-/m1/s1. The summed E-state index contributed by atoms with van der Waals surface area (Å²) >= 11 is 0. The molecule has 7 nitrogen and oxygen atoms in total. The van der Waals surface area contributed by atoms with Gasteiger partial charge in [-0.3, -0.25) is 4.99 Å². The van der Waals surface area contributed by atoms with Crippen LogP contribution in [-0.2, 0) is 0 Å². The van der Waals surface area contributed by atoms with Gasteiger partial charge in [-0.1, -0.05) is 0 Å². The zero-order chi connectivity index (χ0) is 11.4. The summed E-state index contributed by atoms with van der Waals surface area (Å²) in [5, 5.41) is 40.0. The fourth-order valence-corrected chi connectivity index (χ4v) is 1.43. The minimum Gasteiger partial charge on any atom is -0.394 e. The molecule has 15 heavy (non-hydrogen) atoms. The van der Waals surface area contributed by atoms with E-state index < -0.39 is 24.4 Å². The molecule has 1 saturated heterocycles. The fourth-order valence-electron chi connectivity index (χ4n) is 1.43. The monoisotopic (exact) mass is 219 g/mol. The average Bonchev–Trinajstić information content (AvgIpc) is 2.25. The van der Waals surface area contributed by atoms with E-state index in [2.05, 4.69) is 10.3 Å². The highest BCUT2D eigenvalue weighted by Gasteiger charge is 2.39. The van der Waals surface area contributed by atoms with Crippen LogP contribution in [0.3, 0.4) is 0 Å². The first kappa shape index (κ1) is 12.3. The Morgan fingerprint density at radius 3 is 2.47 bits per heavy atom. The molecule has 1 aliphatic heterocycles. The first-order valence-electron chi connectivity index (χ1n) is 4.77. The number of amidine groups is 1. The van der Waals surface area contributed by atoms with Gasteiger partial charge in [-0.25, -0.2) is 0 Å². The van der Waals surface area contributed by atoms with Crippen LogP contribution >= 0.6 is 0 Å². The number of aliphatic imine (C=N–C) groups is 1. The van der Waals surface area contributed by atoms with Gasteiger partial charge in [-0.2, -0.15) is 0 Å². The van der Waals surface area contributed by atoms with Crippen LogP contribution in [0.15, 0.2) is 4.99 Å². The van der Waals surface area contributed by atoms with Crippen molar-refractivity contribution >= 4 is 5.84 Å². The van der Waals surface area contributed by atoms with Crippen molar-refractivity contribution in [2.24, 2.45) is 10.7 Å². The van der Waals surface area contributed by atoms with Crippen LogP contribution < -0.4 is 11.1 Å². The van der Waals surface area contributed by atoms with Gasteiger partial charge in [0.05, 0.1) is 19.2 Å². The molecule has 1 rings (SSSR count). The van der Waals surface area contributed by atoms with E-state index in [-0.39, 0.29) is 12.4 Å². The van der Waals surface area contributed by atoms with Crippen molar-refractivity contribution in [1.82, 2.24) is 5.32 Å². The van der Waals surface area contributed by atoms with Crippen LogP contribution in [0.2, 0.25) is 0 Å². The lowest BCUT2D eigenvalue weighted by Crippen LogP contribution is -2.64. The summed E-state index contributed by atoms with van der Waals surface area (Å²) in [7, 11) is 0. The maximum atomic E-state index is 9.52. The minimum atomic E-state index is -1.35. The van der Waals surface area contributed by atoms with Crippen LogP contribution in [-0.4, -0.2) is 70.3 Å². The predicted molar refractivity (Wildman–Crippen MR) is 53.4 cm³/mol. The number of hydrogen-bond donors (Lipinski definition) is 6. The van der Waals surface area contributed by atoms with E-state index in [4.69, 9.17) is 10.8 Å². The lowest BCUT2D eigenvalue weighted by atomic mass is 9.95. The van der Waals surface area contributed by atoms with Gasteiger partial charge in [0.1, 0.15) is 24.1 Å². The molecule has 0 saturated carbocycles. The van der Waals surface area contributed by atoms with Gasteiger partial charge in [-0.05, 0) is 0 Å². The van der Waals surface area contributed by atoms with E-state index >= 15 is 0 Å². The van der Waals surface area contributed by atoms with Crippen molar-refractivity contribution in [3.05, 3.63) is 0 Å². The van der Waals surface area contributed by atoms with Gasteiger partial charge in [0.15, 0.2) is 0 Å². The van der Waals surface area contributed by atoms with E-state index in [9.17, 15) is 15.3 Å². The summed E-state index contributed by atoms with van der Waals surface area (Å²) in [5.41, 5.74) is 5.24. The summed E-state index contributed by atoms with van der Waals surface area (Å²) < 4.78 is 0. The molecule has 0 radical (unpaired) electrons. The van der Waals surface area contributed by atoms with Gasteiger partial charge in [0.2, 0.25) is 0 Å². The molecule has 0 aliphatic carbocycles. The second kappa shape index (κ2) is 5.38. The smallest absolute Gasteiger partial charge is 0.139 e. The number of aliphatic hydroxyl groups is 4. The molecule has 0 aromatic heterocycles. The maximum absolute atomic E-state index is 9.52. The van der Waals surface area contributed by atoms with Gasteiger partial charge >= 0.3 is 0 Å². The lowest BCUT2D eigenvalue weighted by Gasteiger charge is -2.36. The minimum absolute atomic E-state index is 0.150. The quantitative estimate of drug-likeness (QED) is 0.290. The summed E-state index contributed by atoms with van der Waals surface area (Å²) in [4.78, 5) is 3.91. The Morgan fingerprint density at radius 1 is 1.27 bits per heavy atom. The molecule has 1 heterocycles. The van der Waals surface area contributed by atoms with Gasteiger partial charge in [0, 0.05) is 6.54 Å². The van der Waals surface area contributed by atoms with Crippen molar-refractivity contribution in [3.8, 4) is 0 Å². The van der Waals surface area contributed by atoms with Crippen molar-refractivity contribution in [1.29, 1.82) is 0 Å². The molecule has 1 fully saturated rings. The molecule has 4 atom stereocenters. The SMILES string of the molecule is NCCN=C1N[C@H](CO)[C@@H](O)[C@H](O)[C@H]1O. The molecule has 0 amide bonds. The number of aliphatic hydroxyl groups excluding tert-OH is 4. The lowest BCUT2D eigenvalue weighted by molar-refractivity contribution is -0.0680. The van der Waals surface area contributed by atoms with Gasteiger partial charge in [-0.15, -0.1) is 0 Å². The van der Waals surface area contributed by atoms with Crippen LogP contribution in [0.5, 0.6) is 0 Å². The normalized spacial score (nSPS) is 39.1. The summed E-state index contributed by atoms with van der Waals surface area (Å²) in [6, 6.07) is -0.722. The molecular weight excluding hydrogens is 202 g/mol. The maximum Gasteiger partial charge on any atom is 0.139 e. The Morgan fingerprint density at radius 2 is 1.93 bits per heavy atom. The number of piperidine rings is 1. The molecule has 88 valence electrons. The molecule has 7 N–H and O–H groups in total. The zero-order valence-corrected chi connectivity index (χ0v) is 8.24. The first-order valence-corrected chi connectivity index (χ1v) is 4.77. The Balaban J connectivity index is 2.74. The number of hydrogen-bond acceptors (Lipinski definition) is 6. The van der Waals surface area contributed by atoms with Crippen LogP contribution in [0.1, 0.15) is 0 Å². The number of nitrogens with two attached hydrogens (primary N) is 1. The van der Waals surface area contributed by atoms with Crippen molar-refractivity contribution < 1.29 is 20.4 Å². The van der Waals surface area contributed by atoms with Crippen molar-refractivity contribution in [2.45, 2.75) is 24.4 Å². The molecule has 0 bridgehead atoms. The number of rotatable bonds is 3. The summed E-state index contributed by atoms with van der Waals surface area (Å²) in [6.07, 6.45) is -3.84. The Labute approximate surface area is 87.3 Å². The summed E-state index contributed by atoms with van der Waals surface area (Å²) in [5.74, 6) is 0.150. The van der Waals surface area contributed by atoms with E-state index in [0.29, 0.717) is 13.1 Å². The van der Waals surface area contributed by atoms with Gasteiger partial charge < -0.3 is 31.5 Å². The molecule has 7 heteroatoms. The second-order valence-electron chi connectivity index (χ2n) is 3.42. The van der Waals surface area contributed by atoms with Crippen molar-refractivity contribution in [2.75, 3.05) is 19.7 Å². The molecule has 0 spiro atoms. The second-order valence-corrected chi connectivity index (χ2v) is 3.42. The third-order valence-corrected chi connectivity index (χ3v) is 2.31. The number of nitrogens with one attached hydrogen (secondary N) is 1. The fraction of sp³-hybridized carbons (Fsp3) is 0.875. The van der Waals surface area contributed by atoms with Gasteiger partial charge in [0.25, 0.3) is 0 Å². The third-order valence-electron chi connectivity index (χ3n) is 2.31. The van der Waals surface area contributed by atoms with E-state index in [1.165, 1.54) is 0 Å². The molecule has 0 unspecified atom stereocenters. The van der Waals surface area contributed by atoms with E-state index in [1.807, 2.05) is 0 Å². The Hall–Kier alpha value is -0.730. The summed E-state index contributed by atoms with van der Waals surface area (Å²) in [6.45, 7) is 0.271. The molecule has 1 aliphatic rings. The largest absolute Gasteiger partial charge is 0.394 e. The first-order chi connectivity index (χ1) is 7.11. The highest BCUT2D eigenvalue weighted by molar-refractivity contribution is 5.88.